The molecule has 10 nitrogen and oxygen atoms in total. The van der Waals surface area contributed by atoms with Crippen LogP contribution in [0.15, 0.2) is 14.5 Å². The van der Waals surface area contributed by atoms with Crippen LogP contribution in [-0.4, -0.2) is 78.6 Å². The van der Waals surface area contributed by atoms with Crippen LogP contribution in [0.4, 0.5) is 0 Å². The van der Waals surface area contributed by atoms with Gasteiger partial charge in [0.1, 0.15) is 14.2 Å². The molecule has 1 atom stereocenters. The van der Waals surface area contributed by atoms with Crippen molar-refractivity contribution in [3.05, 3.63) is 11.6 Å². The molecule has 0 saturated carbocycles. The maximum atomic E-state index is 13.0. The van der Waals surface area contributed by atoms with E-state index >= 15 is 0 Å². The normalized spacial score (nSPS) is 18.7. The molecule has 0 bridgehead atoms. The van der Waals surface area contributed by atoms with Crippen molar-refractivity contribution in [2.75, 3.05) is 45.7 Å². The molecule has 0 amide bonds. The first kappa shape index (κ1) is 24.9. The van der Waals surface area contributed by atoms with Crippen molar-refractivity contribution in [3.8, 4) is 0 Å². The lowest BCUT2D eigenvalue weighted by Crippen LogP contribution is -2.43. The summed E-state index contributed by atoms with van der Waals surface area (Å²) in [5, 5.41) is 3.19. The van der Waals surface area contributed by atoms with Gasteiger partial charge >= 0.3 is 5.97 Å². The highest BCUT2D eigenvalue weighted by Gasteiger charge is 2.40. The summed E-state index contributed by atoms with van der Waals surface area (Å²) in [6, 6.07) is 0.958. The van der Waals surface area contributed by atoms with Crippen LogP contribution in [0.1, 0.15) is 31.9 Å². The largest absolute Gasteiger partial charge is 0.458 e. The Morgan fingerprint density at radius 2 is 2.07 bits per heavy atom. The van der Waals surface area contributed by atoms with E-state index in [1.165, 1.54) is 17.5 Å². The standard InChI is InChI=1S/C17H26N2O8S3/c1-4-18-15-9-19(6-5-7-26-3)30(24,25)17-14(15)8-16(28-17)29(22,23)11-13(21)10-27-12(2)20/h8,15,18H,4-7,9-11H2,1-3H3/t15-/m0/s1. The molecular weight excluding hydrogens is 456 g/mol. The van der Waals surface area contributed by atoms with Gasteiger partial charge in [-0.25, -0.2) is 16.8 Å². The van der Waals surface area contributed by atoms with Crippen molar-refractivity contribution in [1.82, 2.24) is 9.62 Å². The second-order valence-corrected chi connectivity index (χ2v) is 12.1. The lowest BCUT2D eigenvalue weighted by molar-refractivity contribution is -0.145. The first-order valence-electron chi connectivity index (χ1n) is 9.27. The van der Waals surface area contributed by atoms with Crippen molar-refractivity contribution >= 4 is 42.9 Å². The molecule has 13 heteroatoms. The lowest BCUT2D eigenvalue weighted by Gasteiger charge is -2.32. The number of hydrogen-bond acceptors (Lipinski definition) is 10. The van der Waals surface area contributed by atoms with Gasteiger partial charge in [0.05, 0.1) is 0 Å². The molecule has 1 aromatic rings. The zero-order valence-electron chi connectivity index (χ0n) is 17.0. The number of likely N-dealkylation sites (N-methyl/N-ethyl adjacent to an activating group) is 1. The SMILES string of the molecule is CCN[C@H]1CN(CCCOC)S(=O)(=O)c2sc(S(=O)(=O)CC(=O)COC(C)=O)cc21. The molecule has 170 valence electrons. The monoisotopic (exact) mass is 482 g/mol. The third kappa shape index (κ3) is 5.86. The molecular formula is C17H26N2O8S3. The van der Waals surface area contributed by atoms with E-state index in [2.05, 4.69) is 10.1 Å². The van der Waals surface area contributed by atoms with Crippen LogP contribution in [0.5, 0.6) is 0 Å². The number of esters is 1. The molecule has 1 aromatic heterocycles. The van der Waals surface area contributed by atoms with E-state index in [1.54, 1.807) is 0 Å². The summed E-state index contributed by atoms with van der Waals surface area (Å²) in [5.74, 6) is -2.35. The fraction of sp³-hybridized carbons (Fsp3) is 0.647. The van der Waals surface area contributed by atoms with Gasteiger partial charge in [0.25, 0.3) is 10.0 Å². The van der Waals surface area contributed by atoms with Gasteiger partial charge in [0.2, 0.25) is 0 Å². The van der Waals surface area contributed by atoms with Crippen LogP contribution in [0.3, 0.4) is 0 Å². The van der Waals surface area contributed by atoms with Gasteiger partial charge in [0, 0.05) is 45.3 Å². The fourth-order valence-electron chi connectivity index (χ4n) is 3.01. The average Bonchev–Trinajstić information content (AvgIpc) is 3.11. The molecule has 1 aliphatic heterocycles. The minimum Gasteiger partial charge on any atom is -0.458 e. The fourth-order valence-corrected chi connectivity index (χ4v) is 8.20. The number of rotatable bonds is 11. The molecule has 0 unspecified atom stereocenters. The second kappa shape index (κ2) is 10.3. The summed E-state index contributed by atoms with van der Waals surface area (Å²) in [5.41, 5.74) is 0.385. The van der Waals surface area contributed by atoms with Crippen LogP contribution in [0.2, 0.25) is 0 Å². The minimum atomic E-state index is -4.08. The van der Waals surface area contributed by atoms with Gasteiger partial charge in [-0.15, -0.1) is 11.3 Å². The Bertz CT molecular complexity index is 985. The van der Waals surface area contributed by atoms with Crippen molar-refractivity contribution in [3.63, 3.8) is 0 Å². The van der Waals surface area contributed by atoms with Crippen LogP contribution >= 0.6 is 11.3 Å². The summed E-state index contributed by atoms with van der Waals surface area (Å²) in [7, 11) is -6.42. The molecule has 0 aromatic carbocycles. The topological polar surface area (TPSA) is 136 Å². The first-order valence-corrected chi connectivity index (χ1v) is 13.2. The zero-order chi connectivity index (χ0) is 22.5. The molecule has 1 aliphatic rings. The molecule has 1 N–H and O–H groups in total. The number of hydrogen-bond donors (Lipinski definition) is 1. The highest BCUT2D eigenvalue weighted by molar-refractivity contribution is 7.95. The molecule has 0 fully saturated rings. The Morgan fingerprint density at radius 1 is 1.37 bits per heavy atom. The maximum Gasteiger partial charge on any atom is 0.303 e. The van der Waals surface area contributed by atoms with Crippen LogP contribution < -0.4 is 5.32 Å². The van der Waals surface area contributed by atoms with Gasteiger partial charge in [-0.3, -0.25) is 9.59 Å². The molecule has 0 aliphatic carbocycles. The maximum absolute atomic E-state index is 13.0. The van der Waals surface area contributed by atoms with E-state index in [4.69, 9.17) is 4.74 Å². The van der Waals surface area contributed by atoms with E-state index < -0.39 is 44.0 Å². The number of fused-ring (bicyclic) bond motifs is 1. The number of nitrogens with zero attached hydrogens (tertiary/aromatic N) is 1. The number of ketones is 1. The Hall–Kier alpha value is -1.38. The predicted molar refractivity (Wildman–Crippen MR) is 110 cm³/mol. The third-order valence-corrected chi connectivity index (χ3v) is 10.1. The Kier molecular flexibility index (Phi) is 8.53. The summed E-state index contributed by atoms with van der Waals surface area (Å²) in [6.07, 6.45) is 0.505. The summed E-state index contributed by atoms with van der Waals surface area (Å²) >= 11 is 0.639. The lowest BCUT2D eigenvalue weighted by atomic mass is 10.1. The molecule has 0 saturated heterocycles. The van der Waals surface area contributed by atoms with Crippen molar-refractivity contribution < 1.29 is 35.9 Å². The highest BCUT2D eigenvalue weighted by atomic mass is 32.3. The third-order valence-electron chi connectivity index (χ3n) is 4.34. The molecule has 2 heterocycles. The van der Waals surface area contributed by atoms with Gasteiger partial charge in [0.15, 0.2) is 22.2 Å². The predicted octanol–water partition coefficient (Wildman–Crippen LogP) is 0.345. The smallest absolute Gasteiger partial charge is 0.303 e. The van der Waals surface area contributed by atoms with Crippen LogP contribution in [-0.2, 0) is 38.9 Å². The Balaban J connectivity index is 2.34. The zero-order valence-corrected chi connectivity index (χ0v) is 19.5. The van der Waals surface area contributed by atoms with Gasteiger partial charge < -0.3 is 14.8 Å². The summed E-state index contributed by atoms with van der Waals surface area (Å²) in [6.45, 7) is 3.72. The van der Waals surface area contributed by atoms with E-state index in [0.717, 1.165) is 6.92 Å². The molecule has 0 spiro atoms. The number of methoxy groups -OCH3 is 1. The van der Waals surface area contributed by atoms with Crippen LogP contribution in [0.25, 0.3) is 0 Å². The summed E-state index contributed by atoms with van der Waals surface area (Å²) < 4.78 is 62.0. The first-order chi connectivity index (χ1) is 14.0. The highest BCUT2D eigenvalue weighted by Crippen LogP contribution is 2.40. The molecule has 30 heavy (non-hydrogen) atoms. The number of Topliss-reactive ketones (excluding diaryl/α,β-unsaturated/α-hetero) is 1. The van der Waals surface area contributed by atoms with Crippen molar-refractivity contribution in [1.29, 1.82) is 0 Å². The van der Waals surface area contributed by atoms with E-state index in [9.17, 15) is 26.4 Å². The Morgan fingerprint density at radius 3 is 2.67 bits per heavy atom. The average molecular weight is 483 g/mol. The Labute approximate surface area is 180 Å². The number of carbonyl (C=O) groups is 2. The number of ether oxygens (including phenoxy) is 2. The quantitative estimate of drug-likeness (QED) is 0.350. The number of carbonyl (C=O) groups excluding carboxylic acids is 2. The van der Waals surface area contributed by atoms with Crippen molar-refractivity contribution in [2.45, 2.75) is 34.7 Å². The van der Waals surface area contributed by atoms with Crippen LogP contribution in [0, 0.1) is 0 Å². The number of thiophene rings is 1. The number of sulfone groups is 1. The molecule has 0 radical (unpaired) electrons. The van der Waals surface area contributed by atoms with E-state index in [1.807, 2.05) is 6.92 Å². The minimum absolute atomic E-state index is 0.0388. The van der Waals surface area contributed by atoms with E-state index in [-0.39, 0.29) is 27.5 Å². The van der Waals surface area contributed by atoms with E-state index in [0.29, 0.717) is 36.5 Å². The second-order valence-electron chi connectivity index (χ2n) is 6.71. The van der Waals surface area contributed by atoms with Gasteiger partial charge in [-0.1, -0.05) is 6.92 Å². The van der Waals surface area contributed by atoms with Gasteiger partial charge in [-0.05, 0) is 19.0 Å². The summed E-state index contributed by atoms with van der Waals surface area (Å²) in [4.78, 5) is 22.7. The van der Waals surface area contributed by atoms with Crippen molar-refractivity contribution in [2.24, 2.45) is 0 Å². The molecule has 2 rings (SSSR count). The number of nitrogens with one attached hydrogen (secondary N) is 1. The van der Waals surface area contributed by atoms with Gasteiger partial charge in [-0.2, -0.15) is 4.31 Å². The number of sulfonamides is 1.